The second kappa shape index (κ2) is 8.77. The average Bonchev–Trinajstić information content (AvgIpc) is 3.25. The Balaban J connectivity index is 1.62. The number of likely N-dealkylation sites (tertiary alicyclic amines) is 1. The van der Waals surface area contributed by atoms with Crippen molar-refractivity contribution in [1.29, 1.82) is 5.41 Å². The fourth-order valence-corrected chi connectivity index (χ4v) is 3.42. The number of anilines is 2. The first-order valence-corrected chi connectivity index (χ1v) is 9.74. The summed E-state index contributed by atoms with van der Waals surface area (Å²) in [4.78, 5) is 26.9. The van der Waals surface area contributed by atoms with Gasteiger partial charge in [-0.15, -0.1) is 0 Å². The van der Waals surface area contributed by atoms with Gasteiger partial charge in [0.25, 0.3) is 5.91 Å². The van der Waals surface area contributed by atoms with Gasteiger partial charge in [-0.05, 0) is 74.2 Å². The third kappa shape index (κ3) is 4.74. The van der Waals surface area contributed by atoms with Crippen LogP contribution in [0.15, 0.2) is 36.4 Å². The Bertz CT molecular complexity index is 931. The standard InChI is InChI=1S/C22H27N5O2/c1-14-15(2)19(10-9-18(14)22(29)27-11-3-4-12-27)26-20(28)13-25-17-7-5-16(6-8-17)21(23)24/h5-10,25H,3-4,11-13H2,1-2H3,(H3,23,24)(H,26,28). The lowest BCUT2D eigenvalue weighted by Gasteiger charge is -2.19. The lowest BCUT2D eigenvalue weighted by atomic mass is 10.0. The average molecular weight is 393 g/mol. The Morgan fingerprint density at radius 1 is 1.03 bits per heavy atom. The monoisotopic (exact) mass is 393 g/mol. The van der Waals surface area contributed by atoms with Gasteiger partial charge in [-0.3, -0.25) is 15.0 Å². The predicted molar refractivity (Wildman–Crippen MR) is 116 cm³/mol. The van der Waals surface area contributed by atoms with E-state index in [0.29, 0.717) is 16.8 Å². The molecule has 0 spiro atoms. The van der Waals surface area contributed by atoms with E-state index in [1.165, 1.54) is 0 Å². The SMILES string of the molecule is Cc1c(NC(=O)CNc2ccc(C(=N)N)cc2)ccc(C(=O)N2CCCC2)c1C. The number of amidine groups is 1. The van der Waals surface area contributed by atoms with Gasteiger partial charge >= 0.3 is 0 Å². The lowest BCUT2D eigenvalue weighted by molar-refractivity contribution is -0.114. The van der Waals surface area contributed by atoms with Crippen LogP contribution >= 0.6 is 0 Å². The van der Waals surface area contributed by atoms with E-state index in [2.05, 4.69) is 10.6 Å². The van der Waals surface area contributed by atoms with E-state index in [1.54, 1.807) is 36.4 Å². The summed E-state index contributed by atoms with van der Waals surface area (Å²) >= 11 is 0. The van der Waals surface area contributed by atoms with Gasteiger partial charge in [0.1, 0.15) is 5.84 Å². The first-order valence-electron chi connectivity index (χ1n) is 9.74. The minimum atomic E-state index is -0.179. The van der Waals surface area contributed by atoms with Crippen LogP contribution in [0.5, 0.6) is 0 Å². The molecule has 7 nitrogen and oxygen atoms in total. The molecule has 0 radical (unpaired) electrons. The number of rotatable bonds is 6. The zero-order valence-corrected chi connectivity index (χ0v) is 16.8. The predicted octanol–water partition coefficient (Wildman–Crippen LogP) is 2.87. The van der Waals surface area contributed by atoms with Crippen LogP contribution < -0.4 is 16.4 Å². The summed E-state index contributed by atoms with van der Waals surface area (Å²) in [5.41, 5.74) is 10.0. The van der Waals surface area contributed by atoms with Crippen LogP contribution in [0, 0.1) is 19.3 Å². The summed E-state index contributed by atoms with van der Waals surface area (Å²) in [6, 6.07) is 10.6. The second-order valence-electron chi connectivity index (χ2n) is 7.30. The minimum Gasteiger partial charge on any atom is -0.384 e. The largest absolute Gasteiger partial charge is 0.384 e. The van der Waals surface area contributed by atoms with Gasteiger partial charge in [0.15, 0.2) is 0 Å². The molecule has 0 aliphatic carbocycles. The van der Waals surface area contributed by atoms with Gasteiger partial charge < -0.3 is 21.3 Å². The van der Waals surface area contributed by atoms with Crippen LogP contribution in [-0.2, 0) is 4.79 Å². The second-order valence-corrected chi connectivity index (χ2v) is 7.30. The van der Waals surface area contributed by atoms with Gasteiger partial charge in [0.05, 0.1) is 6.54 Å². The van der Waals surface area contributed by atoms with Crippen molar-refractivity contribution in [3.63, 3.8) is 0 Å². The minimum absolute atomic E-state index is 0.00629. The van der Waals surface area contributed by atoms with E-state index in [0.717, 1.165) is 42.7 Å². The van der Waals surface area contributed by atoms with E-state index >= 15 is 0 Å². The Morgan fingerprint density at radius 3 is 2.31 bits per heavy atom. The fraction of sp³-hybridized carbons (Fsp3) is 0.318. The van der Waals surface area contributed by atoms with Crippen molar-refractivity contribution < 1.29 is 9.59 Å². The molecular formula is C22H27N5O2. The summed E-state index contributed by atoms with van der Waals surface area (Å²) in [6.07, 6.45) is 2.12. The molecule has 152 valence electrons. The number of nitrogen functional groups attached to an aromatic ring is 1. The number of nitrogens with two attached hydrogens (primary N) is 1. The fourth-order valence-electron chi connectivity index (χ4n) is 3.42. The number of amides is 2. The molecule has 7 heteroatoms. The quantitative estimate of drug-likeness (QED) is 0.447. The summed E-state index contributed by atoms with van der Waals surface area (Å²) < 4.78 is 0. The molecule has 1 heterocycles. The van der Waals surface area contributed by atoms with Gasteiger partial charge in [0, 0.05) is 35.6 Å². The van der Waals surface area contributed by atoms with Crippen molar-refractivity contribution in [2.24, 2.45) is 5.73 Å². The molecule has 1 aliphatic rings. The third-order valence-corrected chi connectivity index (χ3v) is 5.33. The number of hydrogen-bond donors (Lipinski definition) is 4. The van der Waals surface area contributed by atoms with E-state index in [-0.39, 0.29) is 24.2 Å². The van der Waals surface area contributed by atoms with E-state index in [4.69, 9.17) is 11.1 Å². The Labute approximate surface area is 170 Å². The lowest BCUT2D eigenvalue weighted by Crippen LogP contribution is -2.28. The van der Waals surface area contributed by atoms with Crippen molar-refractivity contribution in [2.45, 2.75) is 26.7 Å². The molecule has 1 saturated heterocycles. The van der Waals surface area contributed by atoms with Crippen molar-refractivity contribution in [3.8, 4) is 0 Å². The highest BCUT2D eigenvalue weighted by Gasteiger charge is 2.22. The highest BCUT2D eigenvalue weighted by molar-refractivity contribution is 5.99. The first kappa shape index (κ1) is 20.4. The van der Waals surface area contributed by atoms with Crippen molar-refractivity contribution >= 4 is 29.0 Å². The maximum atomic E-state index is 12.7. The number of nitrogens with one attached hydrogen (secondary N) is 3. The van der Waals surface area contributed by atoms with E-state index < -0.39 is 0 Å². The van der Waals surface area contributed by atoms with Gasteiger partial charge in [-0.2, -0.15) is 0 Å². The molecular weight excluding hydrogens is 366 g/mol. The molecule has 5 N–H and O–H groups in total. The van der Waals surface area contributed by atoms with Crippen LogP contribution in [0.4, 0.5) is 11.4 Å². The molecule has 1 fully saturated rings. The van der Waals surface area contributed by atoms with Gasteiger partial charge in [-0.25, -0.2) is 0 Å². The van der Waals surface area contributed by atoms with E-state index in [1.807, 2.05) is 18.7 Å². The highest BCUT2D eigenvalue weighted by atomic mass is 16.2. The molecule has 0 aromatic heterocycles. The Kier molecular flexibility index (Phi) is 6.16. The molecule has 0 atom stereocenters. The van der Waals surface area contributed by atoms with Crippen molar-refractivity contribution in [3.05, 3.63) is 58.7 Å². The summed E-state index contributed by atoms with van der Waals surface area (Å²) in [7, 11) is 0. The zero-order valence-electron chi connectivity index (χ0n) is 16.8. The topological polar surface area (TPSA) is 111 Å². The van der Waals surface area contributed by atoms with Crippen LogP contribution in [0.1, 0.15) is 39.9 Å². The zero-order chi connectivity index (χ0) is 21.0. The van der Waals surface area contributed by atoms with Crippen LogP contribution in [0.25, 0.3) is 0 Å². The number of carbonyl (C=O) groups is 2. The molecule has 3 rings (SSSR count). The van der Waals surface area contributed by atoms with Crippen molar-refractivity contribution in [1.82, 2.24) is 4.90 Å². The highest BCUT2D eigenvalue weighted by Crippen LogP contribution is 2.24. The first-order chi connectivity index (χ1) is 13.9. The van der Waals surface area contributed by atoms with Gasteiger partial charge in [-0.1, -0.05) is 0 Å². The van der Waals surface area contributed by atoms with Gasteiger partial charge in [0.2, 0.25) is 5.91 Å². The molecule has 0 unspecified atom stereocenters. The van der Waals surface area contributed by atoms with Crippen LogP contribution in [0.2, 0.25) is 0 Å². The van der Waals surface area contributed by atoms with Crippen LogP contribution in [-0.4, -0.2) is 42.2 Å². The molecule has 2 aromatic carbocycles. The maximum absolute atomic E-state index is 12.7. The summed E-state index contributed by atoms with van der Waals surface area (Å²) in [5, 5.41) is 13.4. The number of nitrogens with zero attached hydrogens (tertiary/aromatic N) is 1. The van der Waals surface area contributed by atoms with Crippen LogP contribution in [0.3, 0.4) is 0 Å². The Morgan fingerprint density at radius 2 is 1.69 bits per heavy atom. The number of benzene rings is 2. The summed E-state index contributed by atoms with van der Waals surface area (Å²) in [6.45, 7) is 5.57. The van der Waals surface area contributed by atoms with Crippen molar-refractivity contribution in [2.75, 3.05) is 30.3 Å². The third-order valence-electron chi connectivity index (χ3n) is 5.33. The molecule has 0 saturated carbocycles. The normalized spacial score (nSPS) is 13.2. The molecule has 0 bridgehead atoms. The number of carbonyl (C=O) groups excluding carboxylic acids is 2. The molecule has 2 amide bonds. The van der Waals surface area contributed by atoms with E-state index in [9.17, 15) is 9.59 Å². The smallest absolute Gasteiger partial charge is 0.254 e. The molecule has 29 heavy (non-hydrogen) atoms. The molecule has 2 aromatic rings. The molecule has 1 aliphatic heterocycles. The number of hydrogen-bond acceptors (Lipinski definition) is 4. The Hall–Kier alpha value is -3.35. The summed E-state index contributed by atoms with van der Waals surface area (Å²) in [5.74, 6) is -0.106. The maximum Gasteiger partial charge on any atom is 0.254 e.